The molecule has 0 N–H and O–H groups in total. The molecule has 9 heteroatoms. The van der Waals surface area contributed by atoms with Crippen molar-refractivity contribution in [3.63, 3.8) is 0 Å². The molecule has 0 amide bonds. The van der Waals surface area contributed by atoms with Gasteiger partial charge in [0.25, 0.3) is 0 Å². The second kappa shape index (κ2) is 7.20. The lowest BCUT2D eigenvalue weighted by molar-refractivity contribution is 0.405. The number of hydrogen-bond donors (Lipinski definition) is 0. The third-order valence-electron chi connectivity index (χ3n) is 6.06. The number of fused-ring (bicyclic) bond motifs is 1. The number of piperidine rings is 1. The topological polar surface area (TPSA) is 75.9 Å². The molecule has 1 aliphatic heterocycles. The number of hydrogen-bond acceptors (Lipinski definition) is 7. The maximum Gasteiger partial charge on any atom is 0.187 e. The minimum absolute atomic E-state index is 0.241. The summed E-state index contributed by atoms with van der Waals surface area (Å²) < 4.78 is 16.8. The molecule has 0 atom stereocenters. The monoisotopic (exact) mass is 396 g/mol. The van der Waals surface area contributed by atoms with E-state index in [2.05, 4.69) is 29.8 Å². The van der Waals surface area contributed by atoms with Gasteiger partial charge in [-0.1, -0.05) is 0 Å². The highest BCUT2D eigenvalue weighted by molar-refractivity contribution is 5.83. The van der Waals surface area contributed by atoms with E-state index in [0.717, 1.165) is 62.3 Å². The number of imidazole rings is 1. The molecule has 1 aliphatic carbocycles. The summed E-state index contributed by atoms with van der Waals surface area (Å²) >= 11 is 0. The van der Waals surface area contributed by atoms with Crippen LogP contribution in [0.2, 0.25) is 0 Å². The van der Waals surface area contributed by atoms with Crippen molar-refractivity contribution in [3.05, 3.63) is 30.5 Å². The molecule has 2 fully saturated rings. The summed E-state index contributed by atoms with van der Waals surface area (Å²) in [4.78, 5) is 25.7. The zero-order valence-corrected chi connectivity index (χ0v) is 16.8. The molecule has 0 aromatic carbocycles. The van der Waals surface area contributed by atoms with E-state index in [0.29, 0.717) is 17.4 Å². The fraction of sp³-hybridized carbons (Fsp3) is 0.550. The van der Waals surface area contributed by atoms with Gasteiger partial charge in [-0.2, -0.15) is 0 Å². The third-order valence-corrected chi connectivity index (χ3v) is 6.06. The predicted molar refractivity (Wildman–Crippen MR) is 108 cm³/mol. The van der Waals surface area contributed by atoms with E-state index in [1.165, 1.54) is 6.33 Å². The van der Waals surface area contributed by atoms with E-state index in [1.54, 1.807) is 12.7 Å². The molecule has 0 spiro atoms. The number of aryl methyl sites for hydroxylation is 1. The minimum atomic E-state index is -0.241. The minimum Gasteiger partial charge on any atom is -0.357 e. The SMILES string of the molecule is CN(CC1CCN(c2ncnc3ncn(C)c23)CC1)c1ncnc(C2CC2)c1F. The van der Waals surface area contributed by atoms with Crippen molar-refractivity contribution in [2.75, 3.05) is 36.5 Å². The van der Waals surface area contributed by atoms with Crippen LogP contribution in [0.4, 0.5) is 16.0 Å². The van der Waals surface area contributed by atoms with Crippen LogP contribution in [0.25, 0.3) is 11.2 Å². The highest BCUT2D eigenvalue weighted by Crippen LogP contribution is 2.41. The van der Waals surface area contributed by atoms with Gasteiger partial charge in [0.1, 0.15) is 18.2 Å². The summed E-state index contributed by atoms with van der Waals surface area (Å²) in [7, 11) is 3.90. The molecule has 4 heterocycles. The first kappa shape index (κ1) is 18.2. The summed E-state index contributed by atoms with van der Waals surface area (Å²) in [6, 6.07) is 0. The molecule has 2 aliphatic rings. The van der Waals surface area contributed by atoms with Gasteiger partial charge in [-0.15, -0.1) is 0 Å². The first-order chi connectivity index (χ1) is 14.1. The molecule has 1 saturated heterocycles. The van der Waals surface area contributed by atoms with Crippen molar-refractivity contribution in [3.8, 4) is 0 Å². The molecule has 0 radical (unpaired) electrons. The van der Waals surface area contributed by atoms with Crippen LogP contribution in [0.15, 0.2) is 19.0 Å². The van der Waals surface area contributed by atoms with Gasteiger partial charge < -0.3 is 14.4 Å². The van der Waals surface area contributed by atoms with E-state index in [-0.39, 0.29) is 11.7 Å². The average molecular weight is 396 g/mol. The number of anilines is 2. The molecular formula is C20H25FN8. The Labute approximate surface area is 168 Å². The highest BCUT2D eigenvalue weighted by atomic mass is 19.1. The Bertz CT molecular complexity index is 1020. The van der Waals surface area contributed by atoms with Gasteiger partial charge in [-0.05, 0) is 31.6 Å². The normalized spacial score (nSPS) is 17.8. The number of rotatable bonds is 5. The van der Waals surface area contributed by atoms with Gasteiger partial charge in [0, 0.05) is 39.6 Å². The molecule has 0 bridgehead atoms. The van der Waals surface area contributed by atoms with Crippen LogP contribution in [0.5, 0.6) is 0 Å². The maximum absolute atomic E-state index is 14.8. The van der Waals surface area contributed by atoms with Crippen molar-refractivity contribution in [1.29, 1.82) is 0 Å². The van der Waals surface area contributed by atoms with Crippen LogP contribution in [-0.2, 0) is 7.05 Å². The van der Waals surface area contributed by atoms with E-state index >= 15 is 0 Å². The molecule has 152 valence electrons. The Balaban J connectivity index is 1.25. The third kappa shape index (κ3) is 3.38. The van der Waals surface area contributed by atoms with Crippen LogP contribution in [0, 0.1) is 11.7 Å². The van der Waals surface area contributed by atoms with Crippen molar-refractivity contribution in [1.82, 2.24) is 29.5 Å². The summed E-state index contributed by atoms with van der Waals surface area (Å²) in [5.41, 5.74) is 2.28. The van der Waals surface area contributed by atoms with Gasteiger partial charge in [-0.3, -0.25) is 0 Å². The standard InChI is InChI=1S/C20H25FN8/c1-27(19-15(21)16(14-3-4-14)22-10-24-19)9-13-5-7-29(8-6-13)20-17-18(23-11-25-20)26-12-28(17)2/h10-14H,3-9H2,1-2H3. The van der Waals surface area contributed by atoms with Crippen LogP contribution >= 0.6 is 0 Å². The largest absolute Gasteiger partial charge is 0.357 e. The molecule has 8 nitrogen and oxygen atoms in total. The summed E-state index contributed by atoms with van der Waals surface area (Å²) in [5.74, 6) is 1.90. The van der Waals surface area contributed by atoms with Gasteiger partial charge in [0.15, 0.2) is 23.1 Å². The van der Waals surface area contributed by atoms with Gasteiger partial charge in [0.05, 0.1) is 12.0 Å². The predicted octanol–water partition coefficient (Wildman–Crippen LogP) is 2.52. The Morgan fingerprint density at radius 1 is 1.03 bits per heavy atom. The number of aromatic nitrogens is 6. The first-order valence-electron chi connectivity index (χ1n) is 10.2. The van der Waals surface area contributed by atoms with Crippen LogP contribution in [-0.4, -0.2) is 56.2 Å². The van der Waals surface area contributed by atoms with Crippen molar-refractivity contribution < 1.29 is 4.39 Å². The Kier molecular flexibility index (Phi) is 4.52. The van der Waals surface area contributed by atoms with Crippen molar-refractivity contribution >= 4 is 22.8 Å². The second-order valence-electron chi connectivity index (χ2n) is 8.21. The van der Waals surface area contributed by atoms with Crippen molar-refractivity contribution in [2.24, 2.45) is 13.0 Å². The summed E-state index contributed by atoms with van der Waals surface area (Å²) in [6.07, 6.45) is 8.97. The molecule has 1 saturated carbocycles. The highest BCUT2D eigenvalue weighted by Gasteiger charge is 2.31. The second-order valence-corrected chi connectivity index (χ2v) is 8.21. The maximum atomic E-state index is 14.8. The molecular weight excluding hydrogens is 371 g/mol. The summed E-state index contributed by atoms with van der Waals surface area (Å²) in [6.45, 7) is 2.61. The van der Waals surface area contributed by atoms with E-state index in [9.17, 15) is 4.39 Å². The quantitative estimate of drug-likeness (QED) is 0.656. The Hall–Kier alpha value is -2.84. The molecule has 5 rings (SSSR count). The molecule has 3 aromatic rings. The van der Waals surface area contributed by atoms with Gasteiger partial charge in [0.2, 0.25) is 0 Å². The lowest BCUT2D eigenvalue weighted by Crippen LogP contribution is -2.38. The zero-order chi connectivity index (χ0) is 20.0. The Morgan fingerprint density at radius 3 is 2.55 bits per heavy atom. The van der Waals surface area contributed by atoms with E-state index < -0.39 is 0 Å². The van der Waals surface area contributed by atoms with E-state index in [4.69, 9.17) is 0 Å². The molecule has 0 unspecified atom stereocenters. The number of halogens is 1. The Morgan fingerprint density at radius 2 is 1.79 bits per heavy atom. The summed E-state index contributed by atoms with van der Waals surface area (Å²) in [5, 5.41) is 0. The zero-order valence-electron chi connectivity index (χ0n) is 16.8. The smallest absolute Gasteiger partial charge is 0.187 e. The van der Waals surface area contributed by atoms with Crippen LogP contribution in [0.1, 0.15) is 37.3 Å². The van der Waals surface area contributed by atoms with Crippen LogP contribution < -0.4 is 9.80 Å². The first-order valence-corrected chi connectivity index (χ1v) is 10.2. The average Bonchev–Trinajstić information content (AvgIpc) is 3.51. The fourth-order valence-electron chi connectivity index (χ4n) is 4.28. The van der Waals surface area contributed by atoms with Crippen LogP contribution in [0.3, 0.4) is 0 Å². The van der Waals surface area contributed by atoms with Gasteiger partial charge in [-0.25, -0.2) is 29.3 Å². The lowest BCUT2D eigenvalue weighted by atomic mass is 9.96. The van der Waals surface area contributed by atoms with E-state index in [1.807, 2.05) is 23.6 Å². The molecule has 29 heavy (non-hydrogen) atoms. The number of nitrogens with zero attached hydrogens (tertiary/aromatic N) is 8. The lowest BCUT2D eigenvalue weighted by Gasteiger charge is -2.35. The van der Waals surface area contributed by atoms with Gasteiger partial charge >= 0.3 is 0 Å². The molecule has 3 aromatic heterocycles. The fourth-order valence-corrected chi connectivity index (χ4v) is 4.28. The van der Waals surface area contributed by atoms with Crippen molar-refractivity contribution in [2.45, 2.75) is 31.6 Å².